The summed E-state index contributed by atoms with van der Waals surface area (Å²) < 4.78 is 0. The molecule has 0 amide bonds. The fourth-order valence-electron chi connectivity index (χ4n) is 8.80. The van der Waals surface area contributed by atoms with E-state index in [-0.39, 0.29) is 5.41 Å². The number of Topliss-reactive ketones (excluding diaryl/α,β-unsaturated/α-hetero) is 1. The largest absolute Gasteiger partial charge is 0.357 e. The minimum atomic E-state index is -1.33. The highest BCUT2D eigenvalue weighted by molar-refractivity contribution is 7.10. The highest BCUT2D eigenvalue weighted by Gasteiger charge is 2.67. The Hall–Kier alpha value is -2.89. The van der Waals surface area contributed by atoms with Crippen LogP contribution < -0.4 is 0 Å². The zero-order valence-electron chi connectivity index (χ0n) is 19.1. The summed E-state index contributed by atoms with van der Waals surface area (Å²) in [6, 6.07) is 16.1. The molecule has 34 heavy (non-hydrogen) atoms. The molecule has 1 aromatic heterocycles. The van der Waals surface area contributed by atoms with Crippen molar-refractivity contribution in [3.05, 3.63) is 64.0 Å². The van der Waals surface area contributed by atoms with Crippen molar-refractivity contribution in [3.8, 4) is 12.1 Å². The fraction of sp³-hybridized carbons (Fsp3) is 0.483. The number of hydrogen-bond acceptors (Lipinski definition) is 5. The number of carbonyl (C=O) groups excluding carboxylic acids is 1. The van der Waals surface area contributed by atoms with Crippen molar-refractivity contribution in [1.82, 2.24) is 4.90 Å². The van der Waals surface area contributed by atoms with E-state index in [1.54, 1.807) is 11.3 Å². The predicted octanol–water partition coefficient (Wildman–Crippen LogP) is 6.06. The van der Waals surface area contributed by atoms with Crippen LogP contribution >= 0.6 is 11.3 Å². The minimum absolute atomic E-state index is 0.286. The van der Waals surface area contributed by atoms with Crippen LogP contribution in [0.15, 0.2) is 48.0 Å². The zero-order chi connectivity index (χ0) is 23.1. The van der Waals surface area contributed by atoms with Crippen molar-refractivity contribution >= 4 is 23.2 Å². The molecular formula is C29H27N3OS. The van der Waals surface area contributed by atoms with E-state index in [9.17, 15) is 15.3 Å². The first-order valence-corrected chi connectivity index (χ1v) is 13.4. The first kappa shape index (κ1) is 20.5. The molecule has 0 N–H and O–H groups in total. The number of rotatable bonds is 3. The normalized spacial score (nSPS) is 38.1. The van der Waals surface area contributed by atoms with Gasteiger partial charge in [-0.1, -0.05) is 30.3 Å². The summed E-state index contributed by atoms with van der Waals surface area (Å²) in [5, 5.41) is 23.3. The Morgan fingerprint density at radius 3 is 2.26 bits per heavy atom. The molecule has 0 radical (unpaired) electrons. The maximum atomic E-state index is 14.8. The summed E-state index contributed by atoms with van der Waals surface area (Å²) in [5.41, 5.74) is 0.404. The third-order valence-electron chi connectivity index (χ3n) is 9.62. The van der Waals surface area contributed by atoms with Gasteiger partial charge in [-0.15, -0.1) is 11.3 Å². The highest BCUT2D eigenvalue weighted by atomic mass is 32.1. The zero-order valence-corrected chi connectivity index (χ0v) is 19.9. The smallest absolute Gasteiger partial charge is 0.178 e. The van der Waals surface area contributed by atoms with E-state index < -0.39 is 23.4 Å². The Morgan fingerprint density at radius 1 is 0.971 bits per heavy atom. The Labute approximate surface area is 204 Å². The maximum Gasteiger partial charge on any atom is 0.178 e. The van der Waals surface area contributed by atoms with Crippen LogP contribution in [0.4, 0.5) is 0 Å². The van der Waals surface area contributed by atoms with E-state index in [2.05, 4.69) is 23.1 Å². The molecule has 1 saturated heterocycles. The SMILES string of the molecule is N#CC1(C#N)[C@H](c2cccs2)[C@H](C(=O)C23CC4CC(CC(C4)C2)C3)N2C=Cc3ccccc3[C@H]21. The number of fused-ring (bicyclic) bond motifs is 3. The van der Waals surface area contributed by atoms with E-state index in [1.165, 1.54) is 19.3 Å². The third kappa shape index (κ3) is 2.54. The molecule has 8 rings (SSSR count). The summed E-state index contributed by atoms with van der Waals surface area (Å²) in [4.78, 5) is 17.9. The summed E-state index contributed by atoms with van der Waals surface area (Å²) in [6.45, 7) is 0. The molecule has 3 heterocycles. The molecule has 4 bridgehead atoms. The lowest BCUT2D eigenvalue weighted by Gasteiger charge is -2.57. The van der Waals surface area contributed by atoms with Crippen LogP contribution in [0, 0.1) is 51.2 Å². The van der Waals surface area contributed by atoms with Gasteiger partial charge in [-0.25, -0.2) is 0 Å². The summed E-state index contributed by atoms with van der Waals surface area (Å²) in [6.07, 6.45) is 10.9. The Bertz CT molecular complexity index is 1230. The second kappa shape index (κ2) is 7.06. The first-order valence-electron chi connectivity index (χ1n) is 12.5. The van der Waals surface area contributed by atoms with Crippen molar-refractivity contribution in [2.24, 2.45) is 28.6 Å². The van der Waals surface area contributed by atoms with Crippen LogP contribution in [0.2, 0.25) is 0 Å². The summed E-state index contributed by atoms with van der Waals surface area (Å²) >= 11 is 1.57. The average Bonchev–Trinajstić information content (AvgIpc) is 3.47. The van der Waals surface area contributed by atoms with Crippen molar-refractivity contribution in [1.29, 1.82) is 10.5 Å². The molecule has 1 aromatic carbocycles. The molecule has 4 aliphatic carbocycles. The molecule has 2 aromatic rings. The molecule has 5 fully saturated rings. The first-order chi connectivity index (χ1) is 16.6. The molecule has 4 saturated carbocycles. The van der Waals surface area contributed by atoms with Crippen LogP contribution in [0.5, 0.6) is 0 Å². The lowest BCUT2D eigenvalue weighted by atomic mass is 9.47. The average molecular weight is 466 g/mol. The van der Waals surface area contributed by atoms with Crippen molar-refractivity contribution in [2.75, 3.05) is 0 Å². The molecule has 0 spiro atoms. The third-order valence-corrected chi connectivity index (χ3v) is 10.6. The van der Waals surface area contributed by atoms with Crippen LogP contribution in [0.25, 0.3) is 6.08 Å². The molecule has 3 atom stereocenters. The second-order valence-electron chi connectivity index (χ2n) is 11.4. The van der Waals surface area contributed by atoms with Crippen LogP contribution in [-0.2, 0) is 4.79 Å². The van der Waals surface area contributed by atoms with Gasteiger partial charge in [-0.05, 0) is 84.9 Å². The molecule has 2 aliphatic heterocycles. The van der Waals surface area contributed by atoms with E-state index in [0.29, 0.717) is 23.5 Å². The van der Waals surface area contributed by atoms with Crippen LogP contribution in [0.3, 0.4) is 0 Å². The molecule has 4 nitrogen and oxygen atoms in total. The van der Waals surface area contributed by atoms with Crippen LogP contribution in [0.1, 0.15) is 66.5 Å². The van der Waals surface area contributed by atoms with Crippen molar-refractivity contribution < 1.29 is 4.79 Å². The molecule has 5 heteroatoms. The van der Waals surface area contributed by atoms with Crippen molar-refractivity contribution in [2.45, 2.75) is 56.5 Å². The second-order valence-corrected chi connectivity index (χ2v) is 12.4. The number of thiophene rings is 1. The van der Waals surface area contributed by atoms with Gasteiger partial charge in [0.05, 0.1) is 30.1 Å². The number of hydrogen-bond donors (Lipinski definition) is 0. The minimum Gasteiger partial charge on any atom is -0.357 e. The van der Waals surface area contributed by atoms with E-state index >= 15 is 0 Å². The molecular weight excluding hydrogens is 438 g/mol. The summed E-state index contributed by atoms with van der Waals surface area (Å²) in [5.74, 6) is 1.85. The predicted molar refractivity (Wildman–Crippen MR) is 130 cm³/mol. The van der Waals surface area contributed by atoms with Gasteiger partial charge in [-0.2, -0.15) is 10.5 Å². The van der Waals surface area contributed by atoms with Gasteiger partial charge < -0.3 is 4.90 Å². The number of nitrogens with zero attached hydrogens (tertiary/aromatic N) is 3. The molecule has 6 aliphatic rings. The van der Waals surface area contributed by atoms with Crippen LogP contribution in [-0.4, -0.2) is 16.7 Å². The van der Waals surface area contributed by atoms with Gasteiger partial charge in [0, 0.05) is 16.5 Å². The van der Waals surface area contributed by atoms with Gasteiger partial charge in [0.1, 0.15) is 0 Å². The van der Waals surface area contributed by atoms with Gasteiger partial charge >= 0.3 is 0 Å². The van der Waals surface area contributed by atoms with E-state index in [4.69, 9.17) is 0 Å². The lowest BCUT2D eigenvalue weighted by Crippen LogP contribution is -2.55. The molecule has 170 valence electrons. The van der Waals surface area contributed by atoms with Crippen molar-refractivity contribution in [3.63, 3.8) is 0 Å². The van der Waals surface area contributed by atoms with Gasteiger partial charge in [-0.3, -0.25) is 4.79 Å². The maximum absolute atomic E-state index is 14.8. The topological polar surface area (TPSA) is 67.9 Å². The Kier molecular flexibility index (Phi) is 4.25. The summed E-state index contributed by atoms with van der Waals surface area (Å²) in [7, 11) is 0. The monoisotopic (exact) mass is 465 g/mol. The highest BCUT2D eigenvalue weighted by Crippen LogP contribution is 2.65. The van der Waals surface area contributed by atoms with Gasteiger partial charge in [0.2, 0.25) is 0 Å². The number of nitriles is 2. The van der Waals surface area contributed by atoms with Gasteiger partial charge in [0.25, 0.3) is 0 Å². The van der Waals surface area contributed by atoms with E-state index in [1.807, 2.05) is 48.0 Å². The van der Waals surface area contributed by atoms with Gasteiger partial charge in [0.15, 0.2) is 11.2 Å². The fourth-order valence-corrected chi connectivity index (χ4v) is 9.73. The lowest BCUT2D eigenvalue weighted by molar-refractivity contribution is -0.148. The Balaban J connectivity index is 1.42. The number of carbonyl (C=O) groups is 1. The number of ketones is 1. The standard InChI is InChI=1S/C29H27N3OS/c30-16-29(17-31)24(23-6-3-9-34-23)25(32-8-7-21-4-1-2-5-22(21)26(29)32)27(33)28-13-18-10-19(14-28)12-20(11-18)15-28/h1-9,18-20,24-26H,10-15H2/t18?,19?,20?,24-,25-,26+,28?/m1/s1. The Morgan fingerprint density at radius 2 is 1.65 bits per heavy atom. The quantitative estimate of drug-likeness (QED) is 0.552. The molecule has 0 unspecified atom stereocenters. The van der Waals surface area contributed by atoms with E-state index in [0.717, 1.165) is 35.3 Å². The number of benzene rings is 1.